The zero-order valence-electron chi connectivity index (χ0n) is 13.1. The van der Waals surface area contributed by atoms with Crippen LogP contribution >= 0.6 is 0 Å². The number of rotatable bonds is 10. The molecule has 0 unspecified atom stereocenters. The number of carbonyl (C=O) groups is 1. The van der Waals surface area contributed by atoms with Gasteiger partial charge in [-0.15, -0.1) is 0 Å². The van der Waals surface area contributed by atoms with Gasteiger partial charge in [0, 0.05) is 13.1 Å². The molecule has 2 N–H and O–H groups in total. The van der Waals surface area contributed by atoms with Crippen LogP contribution in [0.2, 0.25) is 0 Å². The molecule has 0 spiro atoms. The Labute approximate surface area is 132 Å². The van der Waals surface area contributed by atoms with Gasteiger partial charge in [0.1, 0.15) is 5.75 Å². The fourth-order valence-electron chi connectivity index (χ4n) is 1.64. The summed E-state index contributed by atoms with van der Waals surface area (Å²) in [5.74, 6) is 0.273. The molecule has 0 aliphatic rings. The van der Waals surface area contributed by atoms with Crippen molar-refractivity contribution in [1.29, 1.82) is 0 Å². The second-order valence-electron chi connectivity index (χ2n) is 4.86. The summed E-state index contributed by atoms with van der Waals surface area (Å²) in [6.07, 6.45) is 2.68. The molecular weight excluding hydrogens is 304 g/mol. The van der Waals surface area contributed by atoms with E-state index in [0.717, 1.165) is 19.3 Å². The topological polar surface area (TPSA) is 84.5 Å². The minimum Gasteiger partial charge on any atom is -0.484 e. The Morgan fingerprint density at radius 3 is 2.36 bits per heavy atom. The molecule has 0 aliphatic heterocycles. The van der Waals surface area contributed by atoms with Crippen LogP contribution < -0.4 is 14.8 Å². The first kappa shape index (κ1) is 18.4. The molecule has 0 aliphatic carbocycles. The van der Waals surface area contributed by atoms with Crippen molar-refractivity contribution in [2.75, 3.05) is 19.7 Å². The minimum atomic E-state index is -3.47. The van der Waals surface area contributed by atoms with Crippen molar-refractivity contribution in [3.05, 3.63) is 24.3 Å². The van der Waals surface area contributed by atoms with Crippen molar-refractivity contribution in [1.82, 2.24) is 10.0 Å². The number of amides is 1. The number of unbranched alkanes of at least 4 members (excludes halogenated alkanes) is 1. The fourth-order valence-corrected chi connectivity index (χ4v) is 2.77. The molecule has 124 valence electrons. The van der Waals surface area contributed by atoms with Gasteiger partial charge in [-0.05, 0) is 37.1 Å². The minimum absolute atomic E-state index is 0.0795. The van der Waals surface area contributed by atoms with Gasteiger partial charge in [-0.1, -0.05) is 20.3 Å². The SMILES string of the molecule is CCCCNC(=O)COc1ccc(S(=O)(=O)NCCC)cc1. The van der Waals surface area contributed by atoms with Crippen molar-refractivity contribution in [2.45, 2.75) is 38.0 Å². The maximum Gasteiger partial charge on any atom is 0.257 e. The predicted molar refractivity (Wildman–Crippen MR) is 85.3 cm³/mol. The Morgan fingerprint density at radius 2 is 1.77 bits per heavy atom. The van der Waals surface area contributed by atoms with Crippen LogP contribution in [0.4, 0.5) is 0 Å². The van der Waals surface area contributed by atoms with E-state index in [4.69, 9.17) is 4.74 Å². The number of hydrogen-bond acceptors (Lipinski definition) is 4. The molecule has 1 amide bonds. The standard InChI is InChI=1S/C15H24N2O4S/c1-3-5-11-16-15(18)12-21-13-6-8-14(9-7-13)22(19,20)17-10-4-2/h6-9,17H,3-5,10-12H2,1-2H3,(H,16,18). The lowest BCUT2D eigenvalue weighted by atomic mass is 10.3. The van der Waals surface area contributed by atoms with Gasteiger partial charge >= 0.3 is 0 Å². The van der Waals surface area contributed by atoms with Gasteiger partial charge in [0.15, 0.2) is 6.61 Å². The molecule has 1 aromatic rings. The predicted octanol–water partition coefficient (Wildman–Crippen LogP) is 1.67. The Hall–Kier alpha value is -1.60. The van der Waals surface area contributed by atoms with E-state index in [1.165, 1.54) is 12.1 Å². The van der Waals surface area contributed by atoms with Crippen molar-refractivity contribution in [2.24, 2.45) is 0 Å². The van der Waals surface area contributed by atoms with Gasteiger partial charge in [-0.2, -0.15) is 0 Å². The monoisotopic (exact) mass is 328 g/mol. The molecule has 0 atom stereocenters. The lowest BCUT2D eigenvalue weighted by Gasteiger charge is -2.09. The summed E-state index contributed by atoms with van der Waals surface area (Å²) in [6.45, 7) is 4.90. The number of hydrogen-bond donors (Lipinski definition) is 2. The molecule has 1 rings (SSSR count). The highest BCUT2D eigenvalue weighted by Gasteiger charge is 2.12. The van der Waals surface area contributed by atoms with Crippen LogP contribution in [0.25, 0.3) is 0 Å². The smallest absolute Gasteiger partial charge is 0.257 e. The number of sulfonamides is 1. The summed E-state index contributed by atoms with van der Waals surface area (Å²) in [7, 11) is -3.47. The van der Waals surface area contributed by atoms with E-state index < -0.39 is 10.0 Å². The first-order valence-corrected chi connectivity index (χ1v) is 8.97. The van der Waals surface area contributed by atoms with E-state index in [0.29, 0.717) is 18.8 Å². The lowest BCUT2D eigenvalue weighted by molar-refractivity contribution is -0.123. The third-order valence-corrected chi connectivity index (χ3v) is 4.38. The van der Waals surface area contributed by atoms with Crippen LogP contribution in [0.3, 0.4) is 0 Å². The highest BCUT2D eigenvalue weighted by atomic mass is 32.2. The van der Waals surface area contributed by atoms with Crippen molar-refractivity contribution >= 4 is 15.9 Å². The average Bonchev–Trinajstić information content (AvgIpc) is 2.52. The van der Waals surface area contributed by atoms with E-state index in [1.807, 2.05) is 13.8 Å². The molecule has 0 saturated heterocycles. The maximum atomic E-state index is 11.9. The molecular formula is C15H24N2O4S. The van der Waals surface area contributed by atoms with E-state index in [9.17, 15) is 13.2 Å². The number of carbonyl (C=O) groups excluding carboxylic acids is 1. The second kappa shape index (κ2) is 9.42. The molecule has 22 heavy (non-hydrogen) atoms. The quantitative estimate of drug-likeness (QED) is 0.640. The van der Waals surface area contributed by atoms with Crippen LogP contribution in [0.15, 0.2) is 29.2 Å². The third-order valence-electron chi connectivity index (χ3n) is 2.90. The third kappa shape index (κ3) is 6.44. The van der Waals surface area contributed by atoms with E-state index in [1.54, 1.807) is 12.1 Å². The summed E-state index contributed by atoms with van der Waals surface area (Å²) in [5.41, 5.74) is 0. The van der Waals surface area contributed by atoms with Crippen LogP contribution in [-0.4, -0.2) is 34.0 Å². The normalized spacial score (nSPS) is 11.2. The molecule has 0 saturated carbocycles. The molecule has 0 aromatic heterocycles. The lowest BCUT2D eigenvalue weighted by Crippen LogP contribution is -2.29. The van der Waals surface area contributed by atoms with Crippen LogP contribution in [-0.2, 0) is 14.8 Å². The van der Waals surface area contributed by atoms with Gasteiger partial charge in [0.05, 0.1) is 4.90 Å². The highest BCUT2D eigenvalue weighted by molar-refractivity contribution is 7.89. The van der Waals surface area contributed by atoms with Crippen molar-refractivity contribution in [3.63, 3.8) is 0 Å². The summed E-state index contributed by atoms with van der Waals surface area (Å²) in [5, 5.41) is 2.74. The Kier molecular flexibility index (Phi) is 7.90. The van der Waals surface area contributed by atoms with Gasteiger partial charge in [0.25, 0.3) is 5.91 Å². The first-order valence-electron chi connectivity index (χ1n) is 7.48. The second-order valence-corrected chi connectivity index (χ2v) is 6.63. The summed E-state index contributed by atoms with van der Waals surface area (Å²) >= 11 is 0. The van der Waals surface area contributed by atoms with Gasteiger partial charge in [-0.3, -0.25) is 4.79 Å². The summed E-state index contributed by atoms with van der Waals surface area (Å²) < 4.78 is 31.6. The van der Waals surface area contributed by atoms with Crippen LogP contribution in [0.1, 0.15) is 33.1 Å². The average molecular weight is 328 g/mol. The zero-order valence-corrected chi connectivity index (χ0v) is 13.9. The van der Waals surface area contributed by atoms with Gasteiger partial charge in [-0.25, -0.2) is 13.1 Å². The number of benzene rings is 1. The van der Waals surface area contributed by atoms with Gasteiger partial charge < -0.3 is 10.1 Å². The molecule has 7 heteroatoms. The first-order chi connectivity index (χ1) is 10.5. The summed E-state index contributed by atoms with van der Waals surface area (Å²) in [4.78, 5) is 11.7. The maximum absolute atomic E-state index is 11.9. The Morgan fingerprint density at radius 1 is 1.09 bits per heavy atom. The van der Waals surface area contributed by atoms with Gasteiger partial charge in [0.2, 0.25) is 10.0 Å². The number of ether oxygens (including phenoxy) is 1. The largest absolute Gasteiger partial charge is 0.484 e. The zero-order chi connectivity index (χ0) is 16.4. The Balaban J connectivity index is 2.50. The highest BCUT2D eigenvalue weighted by Crippen LogP contribution is 2.15. The molecule has 0 heterocycles. The number of nitrogens with one attached hydrogen (secondary N) is 2. The van der Waals surface area contributed by atoms with Crippen LogP contribution in [0.5, 0.6) is 5.75 Å². The summed E-state index contributed by atoms with van der Waals surface area (Å²) in [6, 6.07) is 6.00. The fraction of sp³-hybridized carbons (Fsp3) is 0.533. The van der Waals surface area contributed by atoms with Crippen molar-refractivity contribution in [3.8, 4) is 5.75 Å². The molecule has 0 bridgehead atoms. The molecule has 6 nitrogen and oxygen atoms in total. The molecule has 0 fully saturated rings. The van der Waals surface area contributed by atoms with E-state index in [-0.39, 0.29) is 17.4 Å². The van der Waals surface area contributed by atoms with Crippen molar-refractivity contribution < 1.29 is 17.9 Å². The molecule has 1 aromatic carbocycles. The Bertz CT molecular complexity index is 555. The van der Waals surface area contributed by atoms with E-state index >= 15 is 0 Å². The van der Waals surface area contributed by atoms with E-state index in [2.05, 4.69) is 10.0 Å². The molecule has 0 radical (unpaired) electrons. The van der Waals surface area contributed by atoms with Crippen LogP contribution in [0, 0.1) is 0 Å².